The van der Waals surface area contributed by atoms with Crippen LogP contribution in [-0.4, -0.2) is 67.7 Å². The van der Waals surface area contributed by atoms with Gasteiger partial charge in [0.25, 0.3) is 0 Å². The summed E-state index contributed by atoms with van der Waals surface area (Å²) in [5.41, 5.74) is 3.52. The third-order valence-electron chi connectivity index (χ3n) is 5.89. The van der Waals surface area contributed by atoms with Crippen LogP contribution >= 0.6 is 0 Å². The van der Waals surface area contributed by atoms with E-state index >= 15 is 0 Å². The molecule has 2 aromatic rings. The number of hydrazone groups is 1. The van der Waals surface area contributed by atoms with Gasteiger partial charge in [0.1, 0.15) is 6.61 Å². The van der Waals surface area contributed by atoms with Gasteiger partial charge in [0.05, 0.1) is 45.1 Å². The van der Waals surface area contributed by atoms with E-state index in [9.17, 15) is 9.59 Å². The minimum Gasteiger partial charge on any atom is -0.493 e. The van der Waals surface area contributed by atoms with Crippen molar-refractivity contribution in [1.29, 1.82) is 0 Å². The Morgan fingerprint density at radius 2 is 1.88 bits per heavy atom. The highest BCUT2D eigenvalue weighted by molar-refractivity contribution is 6.07. The normalized spacial score (nSPS) is 18.6. The largest absolute Gasteiger partial charge is 0.493 e. The van der Waals surface area contributed by atoms with Gasteiger partial charge in [-0.25, -0.2) is 14.6 Å². The second kappa shape index (κ2) is 9.40. The Hall–Kier alpha value is -3.75. The van der Waals surface area contributed by atoms with Gasteiger partial charge in [-0.05, 0) is 37.1 Å². The molecular formula is C24H28N4O5. The van der Waals surface area contributed by atoms with Crippen LogP contribution in [0, 0.1) is 6.92 Å². The number of nitrogens with zero attached hydrogens (tertiary/aromatic N) is 3. The Morgan fingerprint density at radius 1 is 1.15 bits per heavy atom. The van der Waals surface area contributed by atoms with Crippen molar-refractivity contribution in [3.63, 3.8) is 0 Å². The van der Waals surface area contributed by atoms with E-state index in [1.165, 1.54) is 5.01 Å². The van der Waals surface area contributed by atoms with Gasteiger partial charge in [-0.3, -0.25) is 4.90 Å². The van der Waals surface area contributed by atoms with Gasteiger partial charge in [0, 0.05) is 0 Å². The number of carbonyl (C=O) groups is 2. The average Bonchev–Trinajstić information content (AvgIpc) is 3.45. The predicted octanol–water partition coefficient (Wildman–Crippen LogP) is 3.32. The molecule has 2 atom stereocenters. The maximum absolute atomic E-state index is 13.1. The number of methoxy groups -OCH3 is 2. The van der Waals surface area contributed by atoms with E-state index in [2.05, 4.69) is 10.4 Å². The van der Waals surface area contributed by atoms with Crippen LogP contribution in [0.5, 0.6) is 11.5 Å². The highest BCUT2D eigenvalue weighted by atomic mass is 16.6. The zero-order valence-corrected chi connectivity index (χ0v) is 19.2. The molecule has 1 fully saturated rings. The molecule has 174 valence electrons. The number of ether oxygens (including phenoxy) is 3. The van der Waals surface area contributed by atoms with E-state index in [4.69, 9.17) is 14.2 Å². The molecule has 1 saturated heterocycles. The molecule has 0 aromatic heterocycles. The maximum Gasteiger partial charge on any atom is 0.410 e. The highest BCUT2D eigenvalue weighted by Gasteiger charge is 2.40. The summed E-state index contributed by atoms with van der Waals surface area (Å²) >= 11 is 0. The van der Waals surface area contributed by atoms with Crippen molar-refractivity contribution in [2.75, 3.05) is 33.9 Å². The Balaban J connectivity index is 1.54. The molecule has 1 N–H and O–H groups in total. The lowest BCUT2D eigenvalue weighted by Gasteiger charge is -2.23. The van der Waals surface area contributed by atoms with Crippen LogP contribution in [0.3, 0.4) is 0 Å². The van der Waals surface area contributed by atoms with Gasteiger partial charge in [-0.2, -0.15) is 5.10 Å². The van der Waals surface area contributed by atoms with Crippen LogP contribution in [-0.2, 0) is 4.74 Å². The number of urea groups is 1. The van der Waals surface area contributed by atoms with Crippen molar-refractivity contribution in [3.05, 3.63) is 59.2 Å². The molecule has 9 nitrogen and oxygen atoms in total. The Morgan fingerprint density at radius 3 is 2.52 bits per heavy atom. The number of carbonyl (C=O) groups excluding carboxylic acids is 2. The predicted molar refractivity (Wildman–Crippen MR) is 123 cm³/mol. The molecule has 33 heavy (non-hydrogen) atoms. The Kier molecular flexibility index (Phi) is 6.39. The molecule has 2 aliphatic rings. The smallest absolute Gasteiger partial charge is 0.410 e. The monoisotopic (exact) mass is 452 g/mol. The van der Waals surface area contributed by atoms with Crippen molar-refractivity contribution in [2.24, 2.45) is 5.10 Å². The Bertz CT molecular complexity index is 1070. The van der Waals surface area contributed by atoms with Gasteiger partial charge in [-0.1, -0.05) is 35.9 Å². The molecule has 0 unspecified atom stereocenters. The summed E-state index contributed by atoms with van der Waals surface area (Å²) in [4.78, 5) is 27.0. The van der Waals surface area contributed by atoms with E-state index in [1.54, 1.807) is 25.2 Å². The zero-order chi connectivity index (χ0) is 23.5. The number of rotatable bonds is 6. The average molecular weight is 453 g/mol. The minimum atomic E-state index is -0.388. The van der Waals surface area contributed by atoms with Crippen molar-refractivity contribution in [3.8, 4) is 11.5 Å². The summed E-state index contributed by atoms with van der Waals surface area (Å²) in [6.07, 6.45) is -0.388. The third-order valence-corrected chi connectivity index (χ3v) is 5.89. The van der Waals surface area contributed by atoms with E-state index in [-0.39, 0.29) is 30.8 Å². The van der Waals surface area contributed by atoms with Gasteiger partial charge < -0.3 is 19.5 Å². The van der Waals surface area contributed by atoms with Crippen LogP contribution in [0.2, 0.25) is 0 Å². The van der Waals surface area contributed by atoms with E-state index < -0.39 is 0 Å². The van der Waals surface area contributed by atoms with Gasteiger partial charge in [-0.15, -0.1) is 0 Å². The highest BCUT2D eigenvalue weighted by Crippen LogP contribution is 2.30. The zero-order valence-electron chi connectivity index (χ0n) is 19.2. The first kappa shape index (κ1) is 22.4. The molecule has 3 amide bonds. The van der Waals surface area contributed by atoms with Crippen LogP contribution in [0.15, 0.2) is 47.6 Å². The standard InChI is InChI=1S/C24H28N4O5/c1-15-5-7-17(8-6-15)22-19(27-11-12-33-24(27)30)14-28(26-22)23(29)25-16(2)18-9-10-20(31-3)21(13-18)32-4/h5-10,13,16,19H,11-12,14H2,1-4H3,(H,25,29)/t16-,19+/m1/s1. The molecule has 2 aliphatic heterocycles. The fourth-order valence-corrected chi connectivity index (χ4v) is 3.99. The van der Waals surface area contributed by atoms with Crippen LogP contribution in [0.1, 0.15) is 29.7 Å². The number of aryl methyl sites for hydroxylation is 1. The lowest BCUT2D eigenvalue weighted by Crippen LogP contribution is -2.46. The maximum atomic E-state index is 13.1. The van der Waals surface area contributed by atoms with Crippen molar-refractivity contribution < 1.29 is 23.8 Å². The molecule has 0 bridgehead atoms. The summed E-state index contributed by atoms with van der Waals surface area (Å²) < 4.78 is 15.8. The molecule has 2 aromatic carbocycles. The van der Waals surface area contributed by atoms with Crippen molar-refractivity contribution >= 4 is 17.8 Å². The lowest BCUT2D eigenvalue weighted by atomic mass is 10.0. The Labute approximate surface area is 192 Å². The number of benzene rings is 2. The lowest BCUT2D eigenvalue weighted by molar-refractivity contribution is 0.150. The second-order valence-corrected chi connectivity index (χ2v) is 8.04. The number of hydrogen-bond acceptors (Lipinski definition) is 6. The molecule has 2 heterocycles. The first-order chi connectivity index (χ1) is 15.9. The van der Waals surface area contributed by atoms with E-state index in [0.717, 1.165) is 16.7 Å². The number of cyclic esters (lactones) is 1. The molecule has 9 heteroatoms. The fourth-order valence-electron chi connectivity index (χ4n) is 3.99. The quantitative estimate of drug-likeness (QED) is 0.726. The van der Waals surface area contributed by atoms with Gasteiger partial charge >= 0.3 is 12.1 Å². The molecule has 0 saturated carbocycles. The number of amides is 3. The van der Waals surface area contributed by atoms with E-state index in [1.807, 2.05) is 50.2 Å². The first-order valence-corrected chi connectivity index (χ1v) is 10.8. The fraction of sp³-hybridized carbons (Fsp3) is 0.375. The third kappa shape index (κ3) is 4.57. The second-order valence-electron chi connectivity index (χ2n) is 8.04. The topological polar surface area (TPSA) is 92.7 Å². The first-order valence-electron chi connectivity index (χ1n) is 10.8. The summed E-state index contributed by atoms with van der Waals surface area (Å²) in [5, 5.41) is 8.96. The minimum absolute atomic E-state index is 0.253. The summed E-state index contributed by atoms with van der Waals surface area (Å²) in [5.74, 6) is 1.21. The molecule has 4 rings (SSSR count). The summed E-state index contributed by atoms with van der Waals surface area (Å²) in [6, 6.07) is 12.4. The molecule has 0 aliphatic carbocycles. The molecule has 0 spiro atoms. The number of nitrogens with one attached hydrogen (secondary N) is 1. The van der Waals surface area contributed by atoms with E-state index in [0.29, 0.717) is 30.4 Å². The van der Waals surface area contributed by atoms with Gasteiger partial charge in [0.15, 0.2) is 11.5 Å². The van der Waals surface area contributed by atoms with Crippen LogP contribution < -0.4 is 14.8 Å². The van der Waals surface area contributed by atoms with Crippen LogP contribution in [0.4, 0.5) is 9.59 Å². The summed E-state index contributed by atoms with van der Waals surface area (Å²) in [6.45, 7) is 4.94. The summed E-state index contributed by atoms with van der Waals surface area (Å²) in [7, 11) is 3.15. The van der Waals surface area contributed by atoms with Gasteiger partial charge in [0.2, 0.25) is 0 Å². The van der Waals surface area contributed by atoms with Crippen molar-refractivity contribution in [1.82, 2.24) is 15.2 Å². The molecule has 0 radical (unpaired) electrons. The number of hydrogen-bond donors (Lipinski definition) is 1. The molecular weight excluding hydrogens is 424 g/mol. The SMILES string of the molecule is COc1ccc([C@@H](C)NC(=O)N2C[C@H](N3CCOC3=O)C(c3ccc(C)cc3)=N2)cc1OC. The van der Waals surface area contributed by atoms with Crippen molar-refractivity contribution in [2.45, 2.75) is 25.9 Å². The van der Waals surface area contributed by atoms with Crippen LogP contribution in [0.25, 0.3) is 0 Å².